The number of benzene rings is 1. The molecule has 2 aromatic rings. The summed E-state index contributed by atoms with van der Waals surface area (Å²) in [7, 11) is 1.73. The Balaban J connectivity index is 1.51. The first kappa shape index (κ1) is 13.0. The zero-order valence-corrected chi connectivity index (χ0v) is 12.5. The van der Waals surface area contributed by atoms with Gasteiger partial charge in [-0.05, 0) is 48.9 Å². The van der Waals surface area contributed by atoms with E-state index in [1.807, 2.05) is 6.07 Å². The number of ether oxygens (including phenoxy) is 1. The van der Waals surface area contributed by atoms with Crippen molar-refractivity contribution >= 4 is 10.9 Å². The van der Waals surface area contributed by atoms with Gasteiger partial charge in [-0.1, -0.05) is 12.2 Å². The standard InChI is InChI=1S/C18H22N2O/c1-21-16-6-7-18-17(10-16)14(11-19-18)8-9-20-12-13-2-4-15(20)5-3-13/h2,4,6-7,10-11,13,15,19H,3,5,8-9,12H2,1H3/t13-,15-/m1/s1. The lowest BCUT2D eigenvalue weighted by molar-refractivity contribution is 0.139. The Morgan fingerprint density at radius 2 is 2.24 bits per heavy atom. The number of nitrogens with one attached hydrogen (secondary N) is 1. The maximum Gasteiger partial charge on any atom is 0.119 e. The smallest absolute Gasteiger partial charge is 0.119 e. The Bertz CT molecular complexity index is 673. The second-order valence-electron chi connectivity index (χ2n) is 6.26. The van der Waals surface area contributed by atoms with E-state index in [0.717, 1.165) is 24.6 Å². The van der Waals surface area contributed by atoms with Crippen LogP contribution in [0.1, 0.15) is 18.4 Å². The minimum Gasteiger partial charge on any atom is -0.497 e. The van der Waals surface area contributed by atoms with Gasteiger partial charge in [0.1, 0.15) is 5.75 Å². The molecular weight excluding hydrogens is 260 g/mol. The number of methoxy groups -OCH3 is 1. The van der Waals surface area contributed by atoms with Gasteiger partial charge in [-0.2, -0.15) is 0 Å². The average molecular weight is 282 g/mol. The van der Waals surface area contributed by atoms with Crippen LogP contribution >= 0.6 is 0 Å². The Labute approximate surface area is 125 Å². The molecule has 0 saturated carbocycles. The van der Waals surface area contributed by atoms with Crippen LogP contribution in [0.3, 0.4) is 0 Å². The Kier molecular flexibility index (Phi) is 3.23. The Hall–Kier alpha value is -1.74. The molecule has 0 radical (unpaired) electrons. The van der Waals surface area contributed by atoms with Gasteiger partial charge < -0.3 is 9.72 Å². The molecule has 1 aromatic carbocycles. The van der Waals surface area contributed by atoms with Gasteiger partial charge in [-0.3, -0.25) is 4.90 Å². The number of H-pyrrole nitrogens is 1. The minimum absolute atomic E-state index is 0.676. The van der Waals surface area contributed by atoms with Gasteiger partial charge in [0.15, 0.2) is 0 Å². The van der Waals surface area contributed by atoms with Crippen LogP contribution in [0.2, 0.25) is 0 Å². The lowest BCUT2D eigenvalue weighted by Gasteiger charge is -2.41. The van der Waals surface area contributed by atoms with Crippen LogP contribution in [0.15, 0.2) is 36.5 Å². The summed E-state index contributed by atoms with van der Waals surface area (Å²) >= 11 is 0. The Morgan fingerprint density at radius 3 is 2.95 bits per heavy atom. The number of hydrogen-bond donors (Lipinski definition) is 1. The lowest BCUT2D eigenvalue weighted by atomic mass is 9.86. The van der Waals surface area contributed by atoms with Crippen LogP contribution in [0.5, 0.6) is 5.75 Å². The van der Waals surface area contributed by atoms with E-state index in [-0.39, 0.29) is 0 Å². The van der Waals surface area contributed by atoms with Crippen molar-refractivity contribution in [2.45, 2.75) is 25.3 Å². The van der Waals surface area contributed by atoms with E-state index in [2.05, 4.69) is 40.4 Å². The number of hydrogen-bond acceptors (Lipinski definition) is 2. The van der Waals surface area contributed by atoms with Gasteiger partial charge in [0.2, 0.25) is 0 Å². The second-order valence-corrected chi connectivity index (χ2v) is 6.26. The molecule has 5 rings (SSSR count). The summed E-state index contributed by atoms with van der Waals surface area (Å²) in [5, 5.41) is 1.30. The van der Waals surface area contributed by atoms with Crippen LogP contribution in [-0.4, -0.2) is 36.1 Å². The molecule has 1 aliphatic carbocycles. The molecule has 1 aromatic heterocycles. The van der Waals surface area contributed by atoms with Gasteiger partial charge in [0.25, 0.3) is 0 Å². The molecule has 0 amide bonds. The molecule has 2 atom stereocenters. The van der Waals surface area contributed by atoms with Crippen molar-refractivity contribution in [3.8, 4) is 5.75 Å². The van der Waals surface area contributed by atoms with Gasteiger partial charge in [0.05, 0.1) is 7.11 Å². The van der Waals surface area contributed by atoms with Crippen molar-refractivity contribution < 1.29 is 4.74 Å². The van der Waals surface area contributed by atoms with E-state index in [4.69, 9.17) is 4.74 Å². The summed E-state index contributed by atoms with van der Waals surface area (Å²) in [6.07, 6.45) is 10.8. The molecule has 1 fully saturated rings. The molecule has 1 saturated heterocycles. The van der Waals surface area contributed by atoms with Crippen molar-refractivity contribution in [2.75, 3.05) is 20.2 Å². The van der Waals surface area contributed by atoms with Crippen LogP contribution in [0, 0.1) is 5.92 Å². The minimum atomic E-state index is 0.676. The van der Waals surface area contributed by atoms with E-state index >= 15 is 0 Å². The highest BCUT2D eigenvalue weighted by atomic mass is 16.5. The number of rotatable bonds is 4. The summed E-state index contributed by atoms with van der Waals surface area (Å²) in [6.45, 7) is 2.39. The second kappa shape index (κ2) is 5.23. The molecule has 3 aliphatic rings. The van der Waals surface area contributed by atoms with Crippen molar-refractivity contribution in [1.29, 1.82) is 0 Å². The number of aromatic nitrogens is 1. The highest BCUT2D eigenvalue weighted by Crippen LogP contribution is 2.30. The van der Waals surface area contributed by atoms with E-state index < -0.39 is 0 Å². The monoisotopic (exact) mass is 282 g/mol. The summed E-state index contributed by atoms with van der Waals surface area (Å²) in [5.41, 5.74) is 2.60. The first-order valence-corrected chi connectivity index (χ1v) is 7.90. The molecule has 2 aliphatic heterocycles. The summed E-state index contributed by atoms with van der Waals surface area (Å²) in [5.74, 6) is 1.72. The van der Waals surface area contributed by atoms with Gasteiger partial charge >= 0.3 is 0 Å². The molecular formula is C18H22N2O. The van der Waals surface area contributed by atoms with Crippen LogP contribution in [-0.2, 0) is 6.42 Å². The van der Waals surface area contributed by atoms with Crippen molar-refractivity contribution in [2.24, 2.45) is 5.92 Å². The van der Waals surface area contributed by atoms with E-state index in [1.54, 1.807) is 7.11 Å². The lowest BCUT2D eigenvalue weighted by Crippen LogP contribution is -2.45. The molecule has 1 N–H and O–H groups in total. The maximum atomic E-state index is 5.35. The quantitative estimate of drug-likeness (QED) is 0.871. The molecule has 0 spiro atoms. The van der Waals surface area contributed by atoms with Crippen molar-refractivity contribution in [3.05, 3.63) is 42.1 Å². The summed E-state index contributed by atoms with van der Waals surface area (Å²) in [6, 6.07) is 6.93. The number of fused-ring (bicyclic) bond motifs is 3. The molecule has 21 heavy (non-hydrogen) atoms. The third-order valence-electron chi connectivity index (χ3n) is 5.02. The zero-order chi connectivity index (χ0) is 14.2. The van der Waals surface area contributed by atoms with Gasteiger partial charge in [0, 0.05) is 36.2 Å². The molecule has 3 nitrogen and oxygen atoms in total. The summed E-state index contributed by atoms with van der Waals surface area (Å²) in [4.78, 5) is 6.02. The molecule has 3 heteroatoms. The zero-order valence-electron chi connectivity index (χ0n) is 12.5. The molecule has 3 heterocycles. The number of nitrogens with zero attached hydrogens (tertiary/aromatic N) is 1. The molecule has 110 valence electrons. The predicted molar refractivity (Wildman–Crippen MR) is 85.8 cm³/mol. The van der Waals surface area contributed by atoms with Gasteiger partial charge in [-0.25, -0.2) is 0 Å². The largest absolute Gasteiger partial charge is 0.497 e. The van der Waals surface area contributed by atoms with Crippen LogP contribution in [0.25, 0.3) is 10.9 Å². The normalized spacial score (nSPS) is 24.8. The fourth-order valence-corrected chi connectivity index (χ4v) is 3.77. The third kappa shape index (κ3) is 2.36. The number of aromatic amines is 1. The fourth-order valence-electron chi connectivity index (χ4n) is 3.77. The Morgan fingerprint density at radius 1 is 1.29 bits per heavy atom. The molecule has 0 unspecified atom stereocenters. The first-order valence-electron chi connectivity index (χ1n) is 7.90. The summed E-state index contributed by atoms with van der Waals surface area (Å²) < 4.78 is 5.35. The molecule has 2 bridgehead atoms. The predicted octanol–water partition coefficient (Wildman–Crippen LogP) is 3.37. The van der Waals surface area contributed by atoms with Crippen LogP contribution < -0.4 is 4.74 Å². The first-order chi connectivity index (χ1) is 10.3. The van der Waals surface area contributed by atoms with E-state index in [0.29, 0.717) is 6.04 Å². The number of piperidine rings is 1. The highest BCUT2D eigenvalue weighted by Gasteiger charge is 2.29. The fraction of sp³-hybridized carbons (Fsp3) is 0.444. The third-order valence-corrected chi connectivity index (χ3v) is 5.02. The van der Waals surface area contributed by atoms with Crippen molar-refractivity contribution in [1.82, 2.24) is 9.88 Å². The topological polar surface area (TPSA) is 28.3 Å². The van der Waals surface area contributed by atoms with E-state index in [9.17, 15) is 0 Å². The maximum absolute atomic E-state index is 5.35. The van der Waals surface area contributed by atoms with E-state index in [1.165, 1.54) is 35.9 Å². The average Bonchev–Trinajstić information content (AvgIpc) is 2.96. The van der Waals surface area contributed by atoms with Crippen LogP contribution in [0.4, 0.5) is 0 Å². The van der Waals surface area contributed by atoms with Crippen molar-refractivity contribution in [3.63, 3.8) is 0 Å². The SMILES string of the molecule is COc1ccc2[nH]cc(CCN3C[C@@H]4C=C[C@@H]3CC4)c2c1. The van der Waals surface area contributed by atoms with Gasteiger partial charge in [-0.15, -0.1) is 0 Å². The highest BCUT2D eigenvalue weighted by molar-refractivity contribution is 5.84.